The first-order valence-corrected chi connectivity index (χ1v) is 12.6. The van der Waals surface area contributed by atoms with Crippen LogP contribution in [0.2, 0.25) is 5.02 Å². The molecule has 0 spiro atoms. The Labute approximate surface area is 189 Å². The minimum atomic E-state index is -3.74. The summed E-state index contributed by atoms with van der Waals surface area (Å²) in [5, 5.41) is 3.23. The Kier molecular flexibility index (Phi) is 7.17. The predicted molar refractivity (Wildman–Crippen MR) is 124 cm³/mol. The van der Waals surface area contributed by atoms with Crippen molar-refractivity contribution in [3.05, 3.63) is 58.1 Å². The number of nitrogens with zero attached hydrogens (tertiary/aromatic N) is 1. The Morgan fingerprint density at radius 1 is 1.10 bits per heavy atom. The molecule has 0 fully saturated rings. The molecule has 0 bridgehead atoms. The lowest BCUT2D eigenvalue weighted by molar-refractivity contribution is -0.122. The number of halogens is 1. The molecular weight excluding hydrogens is 436 g/mol. The highest BCUT2D eigenvalue weighted by atomic mass is 35.5. The number of nitrogens with one attached hydrogen (secondary N) is 1. The number of aryl methyl sites for hydroxylation is 2. The first-order chi connectivity index (χ1) is 14.6. The molecular formula is C23H29ClN2O4S. The molecule has 6 nitrogen and oxygen atoms in total. The molecule has 2 aromatic carbocycles. The van der Waals surface area contributed by atoms with E-state index in [0.29, 0.717) is 11.4 Å². The summed E-state index contributed by atoms with van der Waals surface area (Å²) in [7, 11) is -2.26. The zero-order valence-corrected chi connectivity index (χ0v) is 19.9. The van der Waals surface area contributed by atoms with Crippen molar-refractivity contribution in [1.29, 1.82) is 0 Å². The molecule has 0 heterocycles. The first-order valence-electron chi connectivity index (χ1n) is 10.4. The van der Waals surface area contributed by atoms with Gasteiger partial charge in [-0.1, -0.05) is 29.8 Å². The Bertz CT molecular complexity index is 1070. The SMILES string of the molecule is COc1ccc(N(C(C)C(=O)NC(C)c2ccc3c(c2)CCCC3)S(C)(=O)=O)cc1Cl. The number of carbonyl (C=O) groups excluding carboxylic acids is 1. The smallest absolute Gasteiger partial charge is 0.244 e. The average Bonchev–Trinajstić information content (AvgIpc) is 2.72. The molecule has 0 saturated carbocycles. The van der Waals surface area contributed by atoms with Crippen molar-refractivity contribution in [1.82, 2.24) is 5.32 Å². The number of benzene rings is 2. The molecule has 0 aliphatic heterocycles. The minimum Gasteiger partial charge on any atom is -0.495 e. The van der Waals surface area contributed by atoms with Crippen LogP contribution in [0.1, 0.15) is 49.4 Å². The van der Waals surface area contributed by atoms with Crippen molar-refractivity contribution in [2.45, 2.75) is 51.6 Å². The van der Waals surface area contributed by atoms with Crippen molar-refractivity contribution in [3.63, 3.8) is 0 Å². The van der Waals surface area contributed by atoms with Gasteiger partial charge in [-0.3, -0.25) is 9.10 Å². The second kappa shape index (κ2) is 9.49. The van der Waals surface area contributed by atoms with Crippen LogP contribution >= 0.6 is 11.6 Å². The summed E-state index contributed by atoms with van der Waals surface area (Å²) in [4.78, 5) is 13.0. The summed E-state index contributed by atoms with van der Waals surface area (Å²) >= 11 is 6.18. The van der Waals surface area contributed by atoms with Gasteiger partial charge < -0.3 is 10.1 Å². The number of rotatable bonds is 7. The van der Waals surface area contributed by atoms with Crippen molar-refractivity contribution < 1.29 is 17.9 Å². The summed E-state index contributed by atoms with van der Waals surface area (Å²) < 4.78 is 31.3. The molecule has 0 radical (unpaired) electrons. The molecule has 1 N–H and O–H groups in total. The molecule has 3 rings (SSSR count). The highest BCUT2D eigenvalue weighted by Crippen LogP contribution is 2.31. The van der Waals surface area contributed by atoms with E-state index in [0.717, 1.165) is 29.0 Å². The molecule has 2 unspecified atom stereocenters. The Morgan fingerprint density at radius 2 is 1.77 bits per heavy atom. The van der Waals surface area contributed by atoms with Crippen LogP contribution in [0.25, 0.3) is 0 Å². The number of fused-ring (bicyclic) bond motifs is 1. The van der Waals surface area contributed by atoms with E-state index in [2.05, 4.69) is 17.4 Å². The quantitative estimate of drug-likeness (QED) is 0.664. The summed E-state index contributed by atoms with van der Waals surface area (Å²) in [6.07, 6.45) is 5.62. The van der Waals surface area contributed by atoms with E-state index < -0.39 is 16.1 Å². The molecule has 168 valence electrons. The van der Waals surface area contributed by atoms with Crippen LogP contribution in [-0.2, 0) is 27.7 Å². The van der Waals surface area contributed by atoms with Gasteiger partial charge in [0, 0.05) is 0 Å². The maximum absolute atomic E-state index is 13.0. The van der Waals surface area contributed by atoms with Crippen LogP contribution in [-0.4, -0.2) is 33.7 Å². The number of carbonyl (C=O) groups is 1. The fourth-order valence-corrected chi connectivity index (χ4v) is 5.46. The molecule has 0 saturated heterocycles. The van der Waals surface area contributed by atoms with Crippen molar-refractivity contribution in [3.8, 4) is 5.75 Å². The van der Waals surface area contributed by atoms with Gasteiger partial charge in [0.2, 0.25) is 15.9 Å². The van der Waals surface area contributed by atoms with Gasteiger partial charge in [-0.25, -0.2) is 8.42 Å². The summed E-state index contributed by atoms with van der Waals surface area (Å²) in [6, 6.07) is 9.76. The van der Waals surface area contributed by atoms with Crippen LogP contribution in [0.3, 0.4) is 0 Å². The van der Waals surface area contributed by atoms with Gasteiger partial charge in [-0.15, -0.1) is 0 Å². The second-order valence-electron chi connectivity index (χ2n) is 8.02. The Morgan fingerprint density at radius 3 is 2.39 bits per heavy atom. The first kappa shape index (κ1) is 23.4. The molecule has 8 heteroatoms. The van der Waals surface area contributed by atoms with E-state index in [1.165, 1.54) is 37.1 Å². The number of ether oxygens (including phenoxy) is 1. The maximum Gasteiger partial charge on any atom is 0.244 e. The molecule has 0 aromatic heterocycles. The molecule has 1 aliphatic rings. The van der Waals surface area contributed by atoms with E-state index in [1.54, 1.807) is 19.1 Å². The standard InChI is InChI=1S/C23H29ClN2O4S/c1-15(18-10-9-17-7-5-6-8-19(17)13-18)25-23(27)16(2)26(31(4,28)29)20-11-12-22(30-3)21(24)14-20/h9-16H,5-8H2,1-4H3,(H,25,27). The lowest BCUT2D eigenvalue weighted by Gasteiger charge is -2.29. The fourth-order valence-electron chi connectivity index (χ4n) is 4.04. The number of anilines is 1. The highest BCUT2D eigenvalue weighted by Gasteiger charge is 2.30. The average molecular weight is 465 g/mol. The maximum atomic E-state index is 13.0. The molecule has 2 atom stereocenters. The van der Waals surface area contributed by atoms with E-state index in [4.69, 9.17) is 16.3 Å². The van der Waals surface area contributed by atoms with Crippen LogP contribution in [0.5, 0.6) is 5.75 Å². The number of amides is 1. The monoisotopic (exact) mass is 464 g/mol. The van der Waals surface area contributed by atoms with Gasteiger partial charge in [-0.05, 0) is 74.4 Å². The lowest BCUT2D eigenvalue weighted by Crippen LogP contribution is -2.48. The number of hydrogen-bond donors (Lipinski definition) is 1. The van der Waals surface area contributed by atoms with Crippen LogP contribution < -0.4 is 14.4 Å². The Balaban J connectivity index is 1.81. The van der Waals surface area contributed by atoms with Gasteiger partial charge in [-0.2, -0.15) is 0 Å². The van der Waals surface area contributed by atoms with Crippen molar-refractivity contribution in [2.24, 2.45) is 0 Å². The Hall–Kier alpha value is -2.25. The van der Waals surface area contributed by atoms with Crippen molar-refractivity contribution >= 4 is 33.2 Å². The summed E-state index contributed by atoms with van der Waals surface area (Å²) in [5.74, 6) is 0.0413. The molecule has 1 amide bonds. The minimum absolute atomic E-state index is 0.247. The fraction of sp³-hybridized carbons (Fsp3) is 0.435. The van der Waals surface area contributed by atoms with E-state index in [9.17, 15) is 13.2 Å². The second-order valence-corrected chi connectivity index (χ2v) is 10.3. The zero-order valence-electron chi connectivity index (χ0n) is 18.3. The largest absolute Gasteiger partial charge is 0.495 e. The molecule has 2 aromatic rings. The summed E-state index contributed by atoms with van der Waals surface area (Å²) in [6.45, 7) is 3.47. The lowest BCUT2D eigenvalue weighted by atomic mass is 9.89. The van der Waals surface area contributed by atoms with Crippen LogP contribution in [0.4, 0.5) is 5.69 Å². The zero-order chi connectivity index (χ0) is 22.8. The number of hydrogen-bond acceptors (Lipinski definition) is 4. The summed E-state index contributed by atoms with van der Waals surface area (Å²) in [5.41, 5.74) is 4.03. The van der Waals surface area contributed by atoms with Crippen LogP contribution in [0.15, 0.2) is 36.4 Å². The van der Waals surface area contributed by atoms with E-state index in [1.807, 2.05) is 13.0 Å². The van der Waals surface area contributed by atoms with E-state index in [-0.39, 0.29) is 17.0 Å². The van der Waals surface area contributed by atoms with Gasteiger partial charge in [0.1, 0.15) is 11.8 Å². The van der Waals surface area contributed by atoms with E-state index >= 15 is 0 Å². The number of methoxy groups -OCH3 is 1. The normalized spacial score (nSPS) is 15.5. The van der Waals surface area contributed by atoms with Crippen LogP contribution in [0, 0.1) is 0 Å². The third-order valence-corrected chi connectivity index (χ3v) is 7.25. The highest BCUT2D eigenvalue weighted by molar-refractivity contribution is 7.92. The van der Waals surface area contributed by atoms with Crippen molar-refractivity contribution in [2.75, 3.05) is 17.7 Å². The number of sulfonamides is 1. The predicted octanol–water partition coefficient (Wildman–Crippen LogP) is 4.26. The molecule has 31 heavy (non-hydrogen) atoms. The van der Waals surface area contributed by atoms with Gasteiger partial charge in [0.05, 0.1) is 30.1 Å². The molecule has 1 aliphatic carbocycles. The topological polar surface area (TPSA) is 75.7 Å². The third kappa shape index (κ3) is 5.33. The van der Waals surface area contributed by atoms with Gasteiger partial charge in [0.25, 0.3) is 0 Å². The van der Waals surface area contributed by atoms with Gasteiger partial charge in [0.15, 0.2) is 0 Å². The third-order valence-electron chi connectivity index (χ3n) is 5.71. The van der Waals surface area contributed by atoms with Gasteiger partial charge >= 0.3 is 0 Å².